The average molecular weight is 346 g/mol. The van der Waals surface area contributed by atoms with Crippen LogP contribution < -0.4 is 0 Å². The second-order valence-electron chi connectivity index (χ2n) is 6.68. The Morgan fingerprint density at radius 2 is 2.12 bits per heavy atom. The highest BCUT2D eigenvalue weighted by molar-refractivity contribution is 5.73. The first kappa shape index (κ1) is 17.7. The van der Waals surface area contributed by atoms with Crippen LogP contribution in [0.25, 0.3) is 6.08 Å². The summed E-state index contributed by atoms with van der Waals surface area (Å²) in [6.45, 7) is 3.99. The first-order chi connectivity index (χ1) is 12.0. The number of phenolic OH excluding ortho intramolecular Hbond substituents is 1. The molecule has 1 aromatic carbocycles. The van der Waals surface area contributed by atoms with Crippen LogP contribution in [-0.4, -0.2) is 46.7 Å². The van der Waals surface area contributed by atoms with Gasteiger partial charge in [0, 0.05) is 11.8 Å². The minimum absolute atomic E-state index is 0.0111. The number of fused-ring (bicyclic) bond motifs is 1. The van der Waals surface area contributed by atoms with Gasteiger partial charge in [0.15, 0.2) is 6.29 Å². The highest BCUT2D eigenvalue weighted by Gasteiger charge is 2.61. The lowest BCUT2D eigenvalue weighted by Crippen LogP contribution is -2.43. The van der Waals surface area contributed by atoms with Crippen LogP contribution in [0.2, 0.25) is 0 Å². The molecule has 1 heterocycles. The topological polar surface area (TPSA) is 96.2 Å². The Hall–Kier alpha value is -2.15. The second-order valence-corrected chi connectivity index (χ2v) is 6.68. The summed E-state index contributed by atoms with van der Waals surface area (Å²) in [5.41, 5.74) is -0.00895. The molecule has 1 saturated heterocycles. The first-order valence-electron chi connectivity index (χ1n) is 8.19. The summed E-state index contributed by atoms with van der Waals surface area (Å²) in [6.07, 6.45) is 3.34. The molecule has 2 fully saturated rings. The zero-order valence-corrected chi connectivity index (χ0v) is 13.7. The Morgan fingerprint density at radius 3 is 2.80 bits per heavy atom. The Labute approximate surface area is 146 Å². The molecule has 0 unspecified atom stereocenters. The van der Waals surface area contributed by atoms with Gasteiger partial charge < -0.3 is 24.8 Å². The fraction of sp³-hybridized carbons (Fsp3) is 0.421. The van der Waals surface area contributed by atoms with E-state index in [-0.39, 0.29) is 30.8 Å². The van der Waals surface area contributed by atoms with Crippen molar-refractivity contribution >= 4 is 12.4 Å². The van der Waals surface area contributed by atoms with Crippen LogP contribution in [0.5, 0.6) is 5.75 Å². The number of aliphatic hydroxyl groups is 2. The highest BCUT2D eigenvalue weighted by atomic mass is 16.6. The number of allylic oxidation sites excluding steroid dienone is 1. The summed E-state index contributed by atoms with van der Waals surface area (Å²) in [5, 5.41) is 30.2. The van der Waals surface area contributed by atoms with Crippen LogP contribution in [0.3, 0.4) is 0 Å². The number of phenols is 1. The zero-order valence-electron chi connectivity index (χ0n) is 13.7. The predicted octanol–water partition coefficient (Wildman–Crippen LogP) is 1.47. The maximum absolute atomic E-state index is 11.1. The van der Waals surface area contributed by atoms with Gasteiger partial charge in [-0.2, -0.15) is 0 Å². The maximum atomic E-state index is 11.1. The van der Waals surface area contributed by atoms with Crippen LogP contribution in [0.4, 0.5) is 0 Å². The summed E-state index contributed by atoms with van der Waals surface area (Å²) in [6, 6.07) is 6.66. The van der Waals surface area contributed by atoms with E-state index in [1.807, 2.05) is 0 Å². The first-order valence-corrected chi connectivity index (χ1v) is 8.19. The van der Waals surface area contributed by atoms with Gasteiger partial charge in [-0.15, -0.1) is 0 Å². The van der Waals surface area contributed by atoms with E-state index in [4.69, 9.17) is 9.47 Å². The maximum Gasteiger partial charge on any atom is 0.160 e. The van der Waals surface area contributed by atoms with Gasteiger partial charge in [-0.3, -0.25) is 4.79 Å². The van der Waals surface area contributed by atoms with Crippen molar-refractivity contribution in [3.63, 3.8) is 0 Å². The summed E-state index contributed by atoms with van der Waals surface area (Å²) < 4.78 is 10.8. The molecule has 5 atom stereocenters. The molecule has 0 radical (unpaired) electrons. The van der Waals surface area contributed by atoms with E-state index in [1.54, 1.807) is 30.3 Å². The van der Waals surface area contributed by atoms with Crippen LogP contribution >= 0.6 is 0 Å². The lowest BCUT2D eigenvalue weighted by atomic mass is 9.83. The molecule has 3 rings (SSSR count). The van der Waals surface area contributed by atoms with E-state index < -0.39 is 17.8 Å². The molecular weight excluding hydrogens is 324 g/mol. The number of aliphatic hydroxyl groups excluding tert-OH is 1. The van der Waals surface area contributed by atoms with Gasteiger partial charge in [-0.05, 0) is 41.7 Å². The van der Waals surface area contributed by atoms with Crippen molar-refractivity contribution in [2.24, 2.45) is 17.8 Å². The van der Waals surface area contributed by atoms with E-state index in [0.29, 0.717) is 18.3 Å². The second kappa shape index (κ2) is 7.00. The van der Waals surface area contributed by atoms with E-state index >= 15 is 0 Å². The lowest BCUT2D eigenvalue weighted by molar-refractivity contribution is -0.107. The predicted molar refractivity (Wildman–Crippen MR) is 90.3 cm³/mol. The number of ether oxygens (including phenoxy) is 2. The number of hydrogen-bond acceptors (Lipinski definition) is 6. The Balaban J connectivity index is 1.65. The molecule has 0 aromatic heterocycles. The summed E-state index contributed by atoms with van der Waals surface area (Å²) in [5.74, 6) is -0.978. The van der Waals surface area contributed by atoms with Crippen molar-refractivity contribution < 1.29 is 29.6 Å². The molecule has 6 nitrogen and oxygen atoms in total. The molecule has 0 amide bonds. The third kappa shape index (κ3) is 3.33. The van der Waals surface area contributed by atoms with Crippen molar-refractivity contribution in [3.8, 4) is 5.75 Å². The number of carbonyl (C=O) groups is 1. The number of carbonyl (C=O) groups excluding carboxylic acids is 1. The van der Waals surface area contributed by atoms with Crippen molar-refractivity contribution in [2.45, 2.75) is 18.3 Å². The van der Waals surface area contributed by atoms with Gasteiger partial charge in [0.2, 0.25) is 0 Å². The third-order valence-electron chi connectivity index (χ3n) is 5.22. The normalized spacial score (nSPS) is 34.2. The number of aldehydes is 1. The third-order valence-corrected chi connectivity index (χ3v) is 5.22. The molecule has 3 N–H and O–H groups in total. The van der Waals surface area contributed by atoms with Crippen molar-refractivity contribution in [1.82, 2.24) is 0 Å². The minimum atomic E-state index is -1.23. The van der Waals surface area contributed by atoms with E-state index in [0.717, 1.165) is 5.56 Å². The number of hydrogen-bond donors (Lipinski definition) is 3. The van der Waals surface area contributed by atoms with Gasteiger partial charge >= 0.3 is 0 Å². The van der Waals surface area contributed by atoms with Gasteiger partial charge in [0.05, 0.1) is 19.5 Å². The fourth-order valence-electron chi connectivity index (χ4n) is 3.83. The monoisotopic (exact) mass is 346 g/mol. The fourth-order valence-corrected chi connectivity index (χ4v) is 3.83. The van der Waals surface area contributed by atoms with Crippen LogP contribution in [0.15, 0.2) is 42.7 Å². The van der Waals surface area contributed by atoms with Crippen molar-refractivity contribution in [2.75, 3.05) is 13.2 Å². The van der Waals surface area contributed by atoms with Gasteiger partial charge in [-0.25, -0.2) is 0 Å². The Morgan fingerprint density at radius 1 is 1.40 bits per heavy atom. The van der Waals surface area contributed by atoms with Crippen molar-refractivity contribution in [1.29, 1.82) is 0 Å². The number of aromatic hydroxyl groups is 1. The van der Waals surface area contributed by atoms with E-state index in [9.17, 15) is 20.1 Å². The molecule has 0 spiro atoms. The molecule has 6 heteroatoms. The molecule has 1 saturated carbocycles. The minimum Gasteiger partial charge on any atom is -0.508 e. The molecule has 1 aliphatic carbocycles. The summed E-state index contributed by atoms with van der Waals surface area (Å²) >= 11 is 0. The standard InChI is InChI=1S/C19H22O6/c1-12(9-20)16-8-14(19(23)11-25-18(22)17(16)19)10-24-7-6-13-2-4-15(21)5-3-13/h2-7,9,14,16-18,21-23H,1,8,10-11H2/b7-6+/t14-,16-,17-,18+,19+/m1/s1. The van der Waals surface area contributed by atoms with Crippen LogP contribution in [0.1, 0.15) is 12.0 Å². The average Bonchev–Trinajstić information content (AvgIpc) is 3.07. The molecule has 1 aromatic rings. The number of rotatable bonds is 6. The lowest BCUT2D eigenvalue weighted by Gasteiger charge is -2.28. The van der Waals surface area contributed by atoms with Crippen molar-refractivity contribution in [3.05, 3.63) is 48.2 Å². The summed E-state index contributed by atoms with van der Waals surface area (Å²) in [4.78, 5) is 11.1. The highest BCUT2D eigenvalue weighted by Crippen LogP contribution is 2.52. The molecule has 1 aliphatic heterocycles. The molecule has 134 valence electrons. The van der Waals surface area contributed by atoms with E-state index in [1.165, 1.54) is 6.26 Å². The number of benzene rings is 1. The Kier molecular flexibility index (Phi) is 4.94. The molecular formula is C19H22O6. The van der Waals surface area contributed by atoms with Gasteiger partial charge in [0.25, 0.3) is 0 Å². The van der Waals surface area contributed by atoms with Crippen LogP contribution in [0, 0.1) is 17.8 Å². The molecule has 25 heavy (non-hydrogen) atoms. The smallest absolute Gasteiger partial charge is 0.160 e. The SMILES string of the molecule is C=C(C=O)[C@H]1C[C@H](CO/C=C/c2ccc(O)cc2)[C@@]2(O)CO[C@H](O)[C@@H]12. The van der Waals surface area contributed by atoms with Crippen LogP contribution in [-0.2, 0) is 14.3 Å². The summed E-state index contributed by atoms with van der Waals surface area (Å²) in [7, 11) is 0. The molecule has 0 bridgehead atoms. The molecule has 2 aliphatic rings. The zero-order chi connectivity index (χ0) is 18.0. The Bertz CT molecular complexity index is 667. The van der Waals surface area contributed by atoms with Gasteiger partial charge in [0.1, 0.15) is 17.6 Å². The largest absolute Gasteiger partial charge is 0.508 e. The van der Waals surface area contributed by atoms with Gasteiger partial charge in [-0.1, -0.05) is 18.7 Å². The quantitative estimate of drug-likeness (QED) is 0.410. The van der Waals surface area contributed by atoms with E-state index in [2.05, 4.69) is 6.58 Å².